The average Bonchev–Trinajstić information content (AvgIpc) is 2.94. The van der Waals surface area contributed by atoms with Crippen molar-refractivity contribution in [3.05, 3.63) is 66.1 Å². The maximum absolute atomic E-state index is 4.17. The number of aryl methyl sites for hydroxylation is 2. The van der Waals surface area contributed by atoms with Gasteiger partial charge in [-0.05, 0) is 53.7 Å². The Morgan fingerprint density at radius 3 is 2.90 bits per heavy atom. The number of nitrogens with zero attached hydrogens (tertiary/aromatic N) is 2. The van der Waals surface area contributed by atoms with Crippen molar-refractivity contribution in [3.63, 3.8) is 0 Å². The molecule has 0 atom stereocenters. The van der Waals surface area contributed by atoms with Crippen LogP contribution in [0.1, 0.15) is 18.1 Å². The van der Waals surface area contributed by atoms with Gasteiger partial charge in [-0.3, -0.25) is 4.98 Å². The molecule has 0 saturated heterocycles. The minimum atomic E-state index is 0.938. The van der Waals surface area contributed by atoms with Crippen LogP contribution >= 0.6 is 0 Å². The largest absolute Gasteiger partial charge is 0.347 e. The molecule has 0 unspecified atom stereocenters. The highest BCUT2D eigenvalue weighted by molar-refractivity contribution is 5.80. The molecular formula is C18H21N3. The Bertz CT molecular complexity index is 701. The van der Waals surface area contributed by atoms with Crippen molar-refractivity contribution in [2.75, 3.05) is 6.54 Å². The normalized spacial score (nSPS) is 11.1. The number of benzene rings is 1. The van der Waals surface area contributed by atoms with Crippen molar-refractivity contribution in [1.82, 2.24) is 14.9 Å². The molecule has 0 amide bonds. The summed E-state index contributed by atoms with van der Waals surface area (Å²) >= 11 is 0. The predicted molar refractivity (Wildman–Crippen MR) is 87.3 cm³/mol. The van der Waals surface area contributed by atoms with Crippen LogP contribution in [0.3, 0.4) is 0 Å². The van der Waals surface area contributed by atoms with E-state index in [2.05, 4.69) is 58.3 Å². The Morgan fingerprint density at radius 2 is 2.10 bits per heavy atom. The third-order valence-electron chi connectivity index (χ3n) is 3.78. The molecule has 0 spiro atoms. The maximum atomic E-state index is 4.17. The maximum Gasteiger partial charge on any atom is 0.0480 e. The summed E-state index contributed by atoms with van der Waals surface area (Å²) in [5, 5.41) is 4.69. The molecule has 0 aliphatic rings. The molecule has 3 nitrogen and oxygen atoms in total. The van der Waals surface area contributed by atoms with E-state index in [0.29, 0.717) is 0 Å². The van der Waals surface area contributed by atoms with E-state index in [1.165, 1.54) is 22.0 Å². The van der Waals surface area contributed by atoms with Gasteiger partial charge < -0.3 is 9.88 Å². The zero-order chi connectivity index (χ0) is 14.5. The van der Waals surface area contributed by atoms with Crippen LogP contribution in [0.15, 0.2) is 55.0 Å². The Balaban J connectivity index is 1.74. The standard InChI is InChI=1S/C18H21N3/c1-2-19-14-16-5-6-18-17(12-16)8-11-21(18)10-7-15-4-3-9-20-13-15/h3-6,8-9,11-13,19H,2,7,10,14H2,1H3. The summed E-state index contributed by atoms with van der Waals surface area (Å²) in [4.78, 5) is 4.17. The van der Waals surface area contributed by atoms with Gasteiger partial charge >= 0.3 is 0 Å². The van der Waals surface area contributed by atoms with Crippen LogP contribution in [0.2, 0.25) is 0 Å². The van der Waals surface area contributed by atoms with Gasteiger partial charge in [-0.2, -0.15) is 0 Å². The number of pyridine rings is 1. The fraction of sp³-hybridized carbons (Fsp3) is 0.278. The summed E-state index contributed by atoms with van der Waals surface area (Å²) in [6, 6.07) is 13.0. The second-order valence-electron chi connectivity index (χ2n) is 5.29. The lowest BCUT2D eigenvalue weighted by Crippen LogP contribution is -2.11. The number of rotatable bonds is 6. The van der Waals surface area contributed by atoms with E-state index in [1.54, 1.807) is 0 Å². The number of hydrogen-bond donors (Lipinski definition) is 1. The van der Waals surface area contributed by atoms with Crippen LogP contribution < -0.4 is 5.32 Å². The third kappa shape index (κ3) is 3.31. The smallest absolute Gasteiger partial charge is 0.0480 e. The minimum absolute atomic E-state index is 0.938. The van der Waals surface area contributed by atoms with E-state index in [9.17, 15) is 0 Å². The molecular weight excluding hydrogens is 258 g/mol. The Morgan fingerprint density at radius 1 is 1.14 bits per heavy atom. The van der Waals surface area contributed by atoms with E-state index in [0.717, 1.165) is 26.1 Å². The van der Waals surface area contributed by atoms with Gasteiger partial charge in [-0.25, -0.2) is 0 Å². The van der Waals surface area contributed by atoms with Gasteiger partial charge in [0, 0.05) is 37.2 Å². The van der Waals surface area contributed by atoms with Crippen molar-refractivity contribution >= 4 is 10.9 Å². The summed E-state index contributed by atoms with van der Waals surface area (Å²) in [6.07, 6.45) is 6.95. The topological polar surface area (TPSA) is 29.9 Å². The van der Waals surface area contributed by atoms with E-state index in [-0.39, 0.29) is 0 Å². The molecule has 2 aromatic heterocycles. The average molecular weight is 279 g/mol. The van der Waals surface area contributed by atoms with Crippen molar-refractivity contribution in [3.8, 4) is 0 Å². The molecule has 0 radical (unpaired) electrons. The van der Waals surface area contributed by atoms with Crippen LogP contribution in [0.4, 0.5) is 0 Å². The van der Waals surface area contributed by atoms with Gasteiger partial charge in [0.2, 0.25) is 0 Å². The molecule has 0 bridgehead atoms. The molecule has 2 heterocycles. The molecule has 0 aliphatic carbocycles. The van der Waals surface area contributed by atoms with Gasteiger partial charge in [-0.15, -0.1) is 0 Å². The first-order chi connectivity index (χ1) is 10.4. The molecule has 21 heavy (non-hydrogen) atoms. The summed E-state index contributed by atoms with van der Waals surface area (Å²) in [5.74, 6) is 0. The first kappa shape index (κ1) is 13.8. The Hall–Kier alpha value is -2.13. The van der Waals surface area contributed by atoms with Crippen molar-refractivity contribution in [1.29, 1.82) is 0 Å². The first-order valence-corrected chi connectivity index (χ1v) is 7.54. The van der Waals surface area contributed by atoms with Gasteiger partial charge in [0.1, 0.15) is 0 Å². The highest BCUT2D eigenvalue weighted by atomic mass is 14.9. The van der Waals surface area contributed by atoms with Crippen LogP contribution in [0.5, 0.6) is 0 Å². The van der Waals surface area contributed by atoms with Crippen molar-refractivity contribution in [2.24, 2.45) is 0 Å². The lowest BCUT2D eigenvalue weighted by Gasteiger charge is -2.07. The number of nitrogens with one attached hydrogen (secondary N) is 1. The molecule has 3 heteroatoms. The molecule has 108 valence electrons. The van der Waals surface area contributed by atoms with Crippen LogP contribution in [-0.4, -0.2) is 16.1 Å². The predicted octanol–water partition coefficient (Wildman–Crippen LogP) is 3.39. The van der Waals surface area contributed by atoms with Crippen molar-refractivity contribution < 1.29 is 0 Å². The monoisotopic (exact) mass is 279 g/mol. The van der Waals surface area contributed by atoms with Crippen LogP contribution in [-0.2, 0) is 19.5 Å². The summed E-state index contributed by atoms with van der Waals surface area (Å²) in [5.41, 5.74) is 3.93. The lowest BCUT2D eigenvalue weighted by molar-refractivity contribution is 0.719. The van der Waals surface area contributed by atoms with Gasteiger partial charge in [0.25, 0.3) is 0 Å². The van der Waals surface area contributed by atoms with Crippen molar-refractivity contribution in [2.45, 2.75) is 26.4 Å². The van der Waals surface area contributed by atoms with E-state index in [4.69, 9.17) is 0 Å². The van der Waals surface area contributed by atoms with Gasteiger partial charge in [0.15, 0.2) is 0 Å². The summed E-state index contributed by atoms with van der Waals surface area (Å²) in [7, 11) is 0. The number of fused-ring (bicyclic) bond motifs is 1. The highest BCUT2D eigenvalue weighted by Gasteiger charge is 2.03. The molecule has 1 aromatic carbocycles. The zero-order valence-electron chi connectivity index (χ0n) is 12.4. The molecule has 3 aromatic rings. The number of hydrogen-bond acceptors (Lipinski definition) is 2. The third-order valence-corrected chi connectivity index (χ3v) is 3.78. The summed E-state index contributed by atoms with van der Waals surface area (Å²) < 4.78 is 2.32. The van der Waals surface area contributed by atoms with E-state index in [1.807, 2.05) is 18.5 Å². The fourth-order valence-electron chi connectivity index (χ4n) is 2.62. The SMILES string of the molecule is CCNCc1ccc2c(ccn2CCc2cccnc2)c1. The zero-order valence-corrected chi connectivity index (χ0v) is 12.4. The minimum Gasteiger partial charge on any atom is -0.347 e. The van der Waals surface area contributed by atoms with Crippen LogP contribution in [0, 0.1) is 0 Å². The van der Waals surface area contributed by atoms with Gasteiger partial charge in [-0.1, -0.05) is 19.1 Å². The fourth-order valence-corrected chi connectivity index (χ4v) is 2.62. The van der Waals surface area contributed by atoms with E-state index >= 15 is 0 Å². The summed E-state index contributed by atoms with van der Waals surface area (Å²) in [6.45, 7) is 5.06. The van der Waals surface area contributed by atoms with E-state index < -0.39 is 0 Å². The lowest BCUT2D eigenvalue weighted by atomic mass is 10.1. The number of aromatic nitrogens is 2. The highest BCUT2D eigenvalue weighted by Crippen LogP contribution is 2.18. The Kier molecular flexibility index (Phi) is 4.31. The van der Waals surface area contributed by atoms with Crippen LogP contribution in [0.25, 0.3) is 10.9 Å². The second kappa shape index (κ2) is 6.55. The molecule has 1 N–H and O–H groups in total. The molecule has 0 aliphatic heterocycles. The Labute approximate surface area is 125 Å². The molecule has 0 saturated carbocycles. The van der Waals surface area contributed by atoms with Gasteiger partial charge in [0.05, 0.1) is 0 Å². The molecule has 0 fully saturated rings. The first-order valence-electron chi connectivity index (χ1n) is 7.54. The quantitative estimate of drug-likeness (QED) is 0.749. The molecule has 3 rings (SSSR count). The second-order valence-corrected chi connectivity index (χ2v) is 5.29.